The number of nitrogens with zero attached hydrogens (tertiary/aromatic N) is 2. The Hall–Kier alpha value is -2.92. The van der Waals surface area contributed by atoms with Crippen LogP contribution >= 0.6 is 0 Å². The minimum Gasteiger partial charge on any atom is -0.322 e. The number of carbonyl (C=O) groups is 1. The first kappa shape index (κ1) is 16.0. The number of hydrogen-bond acceptors (Lipinski definition) is 3. The first-order valence-electron chi connectivity index (χ1n) is 7.98. The summed E-state index contributed by atoms with van der Waals surface area (Å²) in [6.45, 7) is 3.66. The highest BCUT2D eigenvalue weighted by atomic mass is 16.1. The van der Waals surface area contributed by atoms with E-state index in [4.69, 9.17) is 0 Å². The molecule has 0 atom stereocenters. The zero-order chi connectivity index (χ0) is 16.8. The van der Waals surface area contributed by atoms with Gasteiger partial charge in [0.05, 0.1) is 5.69 Å². The number of para-hydroxylation sites is 1. The first-order chi connectivity index (χ1) is 11.8. The van der Waals surface area contributed by atoms with E-state index >= 15 is 0 Å². The van der Waals surface area contributed by atoms with Crippen molar-refractivity contribution in [2.45, 2.75) is 13.5 Å². The fraction of sp³-hybridized carbons (Fsp3) is 0.158. The third-order valence-corrected chi connectivity index (χ3v) is 3.71. The molecule has 0 spiro atoms. The Balaban J connectivity index is 1.80. The summed E-state index contributed by atoms with van der Waals surface area (Å²) >= 11 is 0. The molecule has 5 nitrogen and oxygen atoms in total. The van der Waals surface area contributed by atoms with Crippen molar-refractivity contribution in [1.82, 2.24) is 15.1 Å². The van der Waals surface area contributed by atoms with Crippen LogP contribution in [0.2, 0.25) is 0 Å². The lowest BCUT2D eigenvalue weighted by Crippen LogP contribution is -2.17. The van der Waals surface area contributed by atoms with Crippen molar-refractivity contribution in [2.24, 2.45) is 0 Å². The van der Waals surface area contributed by atoms with Crippen LogP contribution in [-0.4, -0.2) is 22.2 Å². The highest BCUT2D eigenvalue weighted by molar-refractivity contribution is 6.05. The smallest absolute Gasteiger partial charge is 0.255 e. The Bertz CT molecular complexity index is 812. The predicted molar refractivity (Wildman–Crippen MR) is 95.3 cm³/mol. The summed E-state index contributed by atoms with van der Waals surface area (Å²) in [7, 11) is 0. The van der Waals surface area contributed by atoms with E-state index in [1.165, 1.54) is 0 Å². The van der Waals surface area contributed by atoms with Crippen LogP contribution in [0.25, 0.3) is 5.69 Å². The molecular formula is C19H20N4O. The van der Waals surface area contributed by atoms with Gasteiger partial charge in [0.1, 0.15) is 0 Å². The Labute approximate surface area is 141 Å². The average molecular weight is 320 g/mol. The van der Waals surface area contributed by atoms with Crippen LogP contribution in [-0.2, 0) is 6.54 Å². The van der Waals surface area contributed by atoms with Gasteiger partial charge in [0.25, 0.3) is 5.91 Å². The standard InChI is InChI=1S/C19H20N4O/c1-2-20-14-16-7-3-4-10-18(16)22-19(24)15-8-5-9-17(13-15)23-12-6-11-21-23/h3-13,20H,2,14H2,1H3,(H,22,24). The van der Waals surface area contributed by atoms with Crippen molar-refractivity contribution in [3.63, 3.8) is 0 Å². The highest BCUT2D eigenvalue weighted by Gasteiger charge is 2.10. The normalized spacial score (nSPS) is 10.5. The second-order valence-electron chi connectivity index (χ2n) is 5.39. The van der Waals surface area contributed by atoms with Crippen LogP contribution in [0.1, 0.15) is 22.8 Å². The van der Waals surface area contributed by atoms with Crippen LogP contribution < -0.4 is 10.6 Å². The fourth-order valence-electron chi connectivity index (χ4n) is 2.46. The van der Waals surface area contributed by atoms with Crippen LogP contribution in [0.15, 0.2) is 67.0 Å². The van der Waals surface area contributed by atoms with Crippen LogP contribution in [0.5, 0.6) is 0 Å². The monoisotopic (exact) mass is 320 g/mol. The number of benzene rings is 2. The van der Waals surface area contributed by atoms with Gasteiger partial charge < -0.3 is 10.6 Å². The Morgan fingerprint density at radius 1 is 1.12 bits per heavy atom. The van der Waals surface area contributed by atoms with E-state index < -0.39 is 0 Å². The lowest BCUT2D eigenvalue weighted by atomic mass is 10.1. The topological polar surface area (TPSA) is 58.9 Å². The molecule has 3 rings (SSSR count). The zero-order valence-electron chi connectivity index (χ0n) is 13.6. The predicted octanol–water partition coefficient (Wildman–Crippen LogP) is 3.23. The van der Waals surface area contributed by atoms with Crippen LogP contribution in [0, 0.1) is 0 Å². The molecule has 0 aliphatic rings. The average Bonchev–Trinajstić information content (AvgIpc) is 3.16. The molecular weight excluding hydrogens is 300 g/mol. The van der Waals surface area contributed by atoms with Gasteiger partial charge in [-0.1, -0.05) is 31.2 Å². The van der Waals surface area contributed by atoms with Crippen molar-refractivity contribution in [3.05, 3.63) is 78.1 Å². The largest absolute Gasteiger partial charge is 0.322 e. The van der Waals surface area contributed by atoms with E-state index in [0.717, 1.165) is 30.0 Å². The van der Waals surface area contributed by atoms with Crippen molar-refractivity contribution >= 4 is 11.6 Å². The molecule has 0 fully saturated rings. The molecule has 0 bridgehead atoms. The molecule has 5 heteroatoms. The molecule has 122 valence electrons. The summed E-state index contributed by atoms with van der Waals surface area (Å²) in [4.78, 5) is 12.6. The third kappa shape index (κ3) is 3.70. The maximum absolute atomic E-state index is 12.6. The number of carbonyl (C=O) groups excluding carboxylic acids is 1. The number of hydrogen-bond donors (Lipinski definition) is 2. The SMILES string of the molecule is CCNCc1ccccc1NC(=O)c1cccc(-n2cccn2)c1. The fourth-order valence-corrected chi connectivity index (χ4v) is 2.46. The van der Waals surface area contributed by atoms with Crippen molar-refractivity contribution in [1.29, 1.82) is 0 Å². The molecule has 1 amide bonds. The number of nitrogens with one attached hydrogen (secondary N) is 2. The number of rotatable bonds is 6. The Morgan fingerprint density at radius 3 is 2.79 bits per heavy atom. The second kappa shape index (κ2) is 7.57. The summed E-state index contributed by atoms with van der Waals surface area (Å²) in [6.07, 6.45) is 3.56. The quantitative estimate of drug-likeness (QED) is 0.733. The lowest BCUT2D eigenvalue weighted by Gasteiger charge is -2.12. The zero-order valence-corrected chi connectivity index (χ0v) is 13.6. The second-order valence-corrected chi connectivity index (χ2v) is 5.39. The molecule has 3 aromatic rings. The van der Waals surface area contributed by atoms with E-state index in [1.807, 2.05) is 54.7 Å². The summed E-state index contributed by atoms with van der Waals surface area (Å²) in [5, 5.41) is 10.5. The van der Waals surface area contributed by atoms with Crippen molar-refractivity contribution in [2.75, 3.05) is 11.9 Å². The molecule has 0 radical (unpaired) electrons. The van der Waals surface area contributed by atoms with Gasteiger partial charge >= 0.3 is 0 Å². The van der Waals surface area contributed by atoms with Crippen LogP contribution in [0.3, 0.4) is 0 Å². The van der Waals surface area contributed by atoms with Crippen molar-refractivity contribution in [3.8, 4) is 5.69 Å². The summed E-state index contributed by atoms with van der Waals surface area (Å²) < 4.78 is 1.73. The molecule has 1 aromatic heterocycles. The van der Waals surface area contributed by atoms with E-state index in [9.17, 15) is 4.79 Å². The molecule has 0 aliphatic carbocycles. The first-order valence-corrected chi connectivity index (χ1v) is 7.98. The number of anilines is 1. The van der Waals surface area contributed by atoms with Gasteiger partial charge in [0.15, 0.2) is 0 Å². The lowest BCUT2D eigenvalue weighted by molar-refractivity contribution is 0.102. The molecule has 0 unspecified atom stereocenters. The number of aromatic nitrogens is 2. The van der Waals surface area contributed by atoms with Gasteiger partial charge in [-0.25, -0.2) is 4.68 Å². The third-order valence-electron chi connectivity index (χ3n) is 3.71. The van der Waals surface area contributed by atoms with Gasteiger partial charge in [-0.05, 0) is 42.4 Å². The highest BCUT2D eigenvalue weighted by Crippen LogP contribution is 2.17. The van der Waals surface area contributed by atoms with Gasteiger partial charge in [0.2, 0.25) is 0 Å². The van der Waals surface area contributed by atoms with Gasteiger partial charge in [-0.15, -0.1) is 0 Å². The Kier molecular flexibility index (Phi) is 5.03. The molecule has 2 aromatic carbocycles. The van der Waals surface area contributed by atoms with Gasteiger partial charge in [-0.2, -0.15) is 5.10 Å². The maximum atomic E-state index is 12.6. The van der Waals surface area contributed by atoms with Crippen LogP contribution in [0.4, 0.5) is 5.69 Å². The van der Waals surface area contributed by atoms with Crippen molar-refractivity contribution < 1.29 is 4.79 Å². The van der Waals surface area contributed by atoms with Gasteiger partial charge in [-0.3, -0.25) is 4.79 Å². The van der Waals surface area contributed by atoms with Gasteiger partial charge in [0, 0.05) is 30.2 Å². The van der Waals surface area contributed by atoms with E-state index in [1.54, 1.807) is 16.9 Å². The van der Waals surface area contributed by atoms with E-state index in [-0.39, 0.29) is 5.91 Å². The Morgan fingerprint density at radius 2 is 2.00 bits per heavy atom. The maximum Gasteiger partial charge on any atom is 0.255 e. The molecule has 0 saturated heterocycles. The molecule has 24 heavy (non-hydrogen) atoms. The number of amides is 1. The summed E-state index contributed by atoms with van der Waals surface area (Å²) in [5.74, 6) is -0.132. The molecule has 1 heterocycles. The minimum absolute atomic E-state index is 0.132. The van der Waals surface area contributed by atoms with E-state index in [0.29, 0.717) is 5.56 Å². The molecule has 0 aliphatic heterocycles. The molecule has 2 N–H and O–H groups in total. The van der Waals surface area contributed by atoms with E-state index in [2.05, 4.69) is 22.7 Å². The molecule has 0 saturated carbocycles. The summed E-state index contributed by atoms with van der Waals surface area (Å²) in [5.41, 5.74) is 3.35. The minimum atomic E-state index is -0.132. The summed E-state index contributed by atoms with van der Waals surface area (Å²) in [6, 6.07) is 17.1.